The largest absolute Gasteiger partial charge is 0.414 e. The molecule has 2 saturated carbocycles. The van der Waals surface area contributed by atoms with Gasteiger partial charge in [0.15, 0.2) is 8.32 Å². The summed E-state index contributed by atoms with van der Waals surface area (Å²) in [6.45, 7) is 13.6. The van der Waals surface area contributed by atoms with Crippen molar-refractivity contribution >= 4 is 18.4 Å². The van der Waals surface area contributed by atoms with Crippen molar-refractivity contribution in [3.8, 4) is 0 Å². The molecule has 2 fully saturated rings. The average Bonchev–Trinajstić information content (AvgIpc) is 3.11. The molecule has 6 heteroatoms. The summed E-state index contributed by atoms with van der Waals surface area (Å²) in [6.07, 6.45) is 3.60. The summed E-state index contributed by atoms with van der Waals surface area (Å²) in [5.41, 5.74) is 1.03. The van der Waals surface area contributed by atoms with Crippen molar-refractivity contribution in [3.05, 3.63) is 29.8 Å². The van der Waals surface area contributed by atoms with Gasteiger partial charge in [-0.3, -0.25) is 4.18 Å². The van der Waals surface area contributed by atoms with E-state index in [1.54, 1.807) is 24.3 Å². The maximum absolute atomic E-state index is 12.5. The molecule has 2 aliphatic rings. The number of fused-ring (bicyclic) bond motifs is 2. The van der Waals surface area contributed by atoms with Crippen LogP contribution in [0.5, 0.6) is 0 Å². The predicted octanol–water partition coefficient (Wildman–Crippen LogP) is 5.14. The molecule has 27 heavy (non-hydrogen) atoms. The van der Waals surface area contributed by atoms with E-state index in [1.807, 2.05) is 6.92 Å². The molecule has 0 radical (unpaired) electrons. The zero-order chi connectivity index (χ0) is 20.0. The van der Waals surface area contributed by atoms with Crippen LogP contribution in [0.3, 0.4) is 0 Å². The van der Waals surface area contributed by atoms with Gasteiger partial charge in [-0.05, 0) is 74.2 Å². The summed E-state index contributed by atoms with van der Waals surface area (Å²) in [7, 11) is -5.50. The quantitative estimate of drug-likeness (QED) is 0.481. The van der Waals surface area contributed by atoms with Crippen LogP contribution >= 0.6 is 0 Å². The Labute approximate surface area is 165 Å². The van der Waals surface area contributed by atoms with Crippen molar-refractivity contribution in [2.75, 3.05) is 6.61 Å². The van der Waals surface area contributed by atoms with Crippen molar-refractivity contribution in [2.45, 2.75) is 76.1 Å². The molecule has 0 spiro atoms. The Morgan fingerprint density at radius 1 is 1.07 bits per heavy atom. The molecule has 2 bridgehead atoms. The molecule has 152 valence electrons. The molecular weight excluding hydrogens is 376 g/mol. The molecule has 0 aromatic heterocycles. The van der Waals surface area contributed by atoms with E-state index in [0.29, 0.717) is 11.8 Å². The number of rotatable bonds is 6. The predicted molar refractivity (Wildman–Crippen MR) is 111 cm³/mol. The molecule has 0 heterocycles. The third-order valence-corrected chi connectivity index (χ3v) is 12.7. The van der Waals surface area contributed by atoms with E-state index in [4.69, 9.17) is 8.61 Å². The van der Waals surface area contributed by atoms with Gasteiger partial charge in [0, 0.05) is 6.10 Å². The summed E-state index contributed by atoms with van der Waals surface area (Å²) in [4.78, 5) is 0.241. The Balaban J connectivity index is 1.63. The molecule has 0 unspecified atom stereocenters. The number of hydrogen-bond acceptors (Lipinski definition) is 4. The fourth-order valence-corrected chi connectivity index (χ4v) is 6.60. The summed E-state index contributed by atoms with van der Waals surface area (Å²) >= 11 is 0. The fourth-order valence-electron chi connectivity index (χ4n) is 4.26. The minimum absolute atomic E-state index is 0.190. The molecule has 4 atom stereocenters. The second kappa shape index (κ2) is 7.28. The second-order valence-corrected chi connectivity index (χ2v) is 16.3. The van der Waals surface area contributed by atoms with E-state index < -0.39 is 18.4 Å². The van der Waals surface area contributed by atoms with Gasteiger partial charge in [0.2, 0.25) is 0 Å². The lowest BCUT2D eigenvalue weighted by atomic mass is 9.87. The number of hydrogen-bond donors (Lipinski definition) is 0. The smallest absolute Gasteiger partial charge is 0.296 e. The van der Waals surface area contributed by atoms with Gasteiger partial charge >= 0.3 is 0 Å². The van der Waals surface area contributed by atoms with Crippen LogP contribution in [0.1, 0.15) is 45.6 Å². The minimum atomic E-state index is -3.69. The van der Waals surface area contributed by atoms with Crippen molar-refractivity contribution in [1.82, 2.24) is 0 Å². The maximum Gasteiger partial charge on any atom is 0.296 e. The monoisotopic (exact) mass is 410 g/mol. The van der Waals surface area contributed by atoms with Crippen LogP contribution in [0.25, 0.3) is 0 Å². The third kappa shape index (κ3) is 4.49. The lowest BCUT2D eigenvalue weighted by Gasteiger charge is -2.41. The number of benzene rings is 1. The Morgan fingerprint density at radius 2 is 1.70 bits per heavy atom. The average molecular weight is 411 g/mol. The molecule has 2 aliphatic carbocycles. The van der Waals surface area contributed by atoms with E-state index >= 15 is 0 Å². The Kier molecular flexibility index (Phi) is 5.67. The first-order valence-corrected chi connectivity index (χ1v) is 14.3. The maximum atomic E-state index is 12.5. The molecule has 1 aromatic carbocycles. The highest BCUT2D eigenvalue weighted by Crippen LogP contribution is 2.52. The van der Waals surface area contributed by atoms with Gasteiger partial charge in [-0.25, -0.2) is 0 Å². The van der Waals surface area contributed by atoms with Gasteiger partial charge in [0.25, 0.3) is 10.1 Å². The van der Waals surface area contributed by atoms with Crippen LogP contribution in [0.2, 0.25) is 18.1 Å². The number of aryl methyl sites for hydroxylation is 1. The van der Waals surface area contributed by atoms with Crippen molar-refractivity contribution in [1.29, 1.82) is 0 Å². The minimum Gasteiger partial charge on any atom is -0.414 e. The van der Waals surface area contributed by atoms with E-state index in [0.717, 1.165) is 24.8 Å². The molecule has 4 nitrogen and oxygen atoms in total. The topological polar surface area (TPSA) is 52.6 Å². The van der Waals surface area contributed by atoms with E-state index in [2.05, 4.69) is 33.9 Å². The molecule has 0 saturated heterocycles. The molecule has 1 aromatic rings. The summed E-state index contributed by atoms with van der Waals surface area (Å²) in [5.74, 6) is 1.36. The van der Waals surface area contributed by atoms with Gasteiger partial charge < -0.3 is 4.43 Å². The van der Waals surface area contributed by atoms with Crippen LogP contribution in [-0.4, -0.2) is 29.4 Å². The highest BCUT2D eigenvalue weighted by Gasteiger charge is 2.50. The summed E-state index contributed by atoms with van der Waals surface area (Å²) < 4.78 is 37.2. The zero-order valence-corrected chi connectivity index (χ0v) is 19.3. The summed E-state index contributed by atoms with van der Waals surface area (Å²) in [5, 5.41) is 0.190. The van der Waals surface area contributed by atoms with E-state index in [1.165, 1.54) is 0 Å². The Hall–Kier alpha value is -0.693. The van der Waals surface area contributed by atoms with Crippen LogP contribution < -0.4 is 0 Å². The summed E-state index contributed by atoms with van der Waals surface area (Å²) in [6, 6.07) is 6.84. The van der Waals surface area contributed by atoms with Gasteiger partial charge in [-0.15, -0.1) is 0 Å². The SMILES string of the molecule is Cc1ccc(S(=O)(=O)OC[C@@H]2C[C@@H]3C[C@H]2[C@@H](O[Si](C)(C)C(C)(C)C)C3)cc1. The van der Waals surface area contributed by atoms with Gasteiger partial charge in [-0.2, -0.15) is 8.42 Å². The van der Waals surface area contributed by atoms with Crippen molar-refractivity contribution in [2.24, 2.45) is 17.8 Å². The highest BCUT2D eigenvalue weighted by molar-refractivity contribution is 7.86. The second-order valence-electron chi connectivity index (χ2n) is 9.97. The van der Waals surface area contributed by atoms with Gasteiger partial charge in [0.05, 0.1) is 11.5 Å². The lowest BCUT2D eigenvalue weighted by molar-refractivity contribution is 0.0699. The Bertz CT molecular complexity index is 764. The van der Waals surface area contributed by atoms with Crippen LogP contribution in [0.15, 0.2) is 29.2 Å². The molecule has 0 amide bonds. The van der Waals surface area contributed by atoms with Crippen molar-refractivity contribution < 1.29 is 17.0 Å². The molecule has 3 rings (SSSR count). The first kappa shape index (κ1) is 21.0. The molecule has 0 N–H and O–H groups in total. The van der Waals surface area contributed by atoms with Crippen molar-refractivity contribution in [3.63, 3.8) is 0 Å². The fraction of sp³-hybridized carbons (Fsp3) is 0.714. The molecule has 0 aliphatic heterocycles. The Morgan fingerprint density at radius 3 is 2.26 bits per heavy atom. The zero-order valence-electron chi connectivity index (χ0n) is 17.5. The van der Waals surface area contributed by atoms with Crippen LogP contribution in [0.4, 0.5) is 0 Å². The lowest BCUT2D eigenvalue weighted by Crippen LogP contribution is -2.46. The van der Waals surface area contributed by atoms with Gasteiger partial charge in [0.1, 0.15) is 0 Å². The van der Waals surface area contributed by atoms with Gasteiger partial charge in [-0.1, -0.05) is 38.5 Å². The van der Waals surface area contributed by atoms with Crippen LogP contribution in [0, 0.1) is 24.7 Å². The first-order valence-electron chi connectivity index (χ1n) is 10.0. The normalized spacial score (nSPS) is 28.7. The first-order chi connectivity index (χ1) is 12.4. The highest BCUT2D eigenvalue weighted by atomic mass is 32.2. The van der Waals surface area contributed by atoms with E-state index in [9.17, 15) is 8.42 Å². The standard InChI is InChI=1S/C21H34O4SSi/c1-15-7-9-18(10-8-15)26(22,23)24-14-17-11-16-12-19(17)20(13-16)25-27(5,6)21(2,3)4/h7-10,16-17,19-20H,11-14H2,1-6H3/t16-,17+,19-,20+/m1/s1. The van der Waals surface area contributed by atoms with Crippen LogP contribution in [-0.2, 0) is 18.7 Å². The third-order valence-electron chi connectivity index (χ3n) is 6.89. The molecular formula is C21H34O4SSi. The van der Waals surface area contributed by atoms with E-state index in [-0.39, 0.29) is 28.6 Å².